The van der Waals surface area contributed by atoms with E-state index in [2.05, 4.69) is 26.8 Å². The van der Waals surface area contributed by atoms with Gasteiger partial charge in [0.1, 0.15) is 5.92 Å². The van der Waals surface area contributed by atoms with E-state index >= 15 is 0 Å². The van der Waals surface area contributed by atoms with Crippen molar-refractivity contribution in [2.45, 2.75) is 72.3 Å². The molecule has 0 radical (unpaired) electrons. The Morgan fingerprint density at radius 1 is 0.956 bits per heavy atom. The second-order valence-electron chi connectivity index (χ2n) is 11.8. The number of carboxylic acids is 1. The van der Waals surface area contributed by atoms with Crippen LogP contribution in [0.2, 0.25) is 0 Å². The summed E-state index contributed by atoms with van der Waals surface area (Å²) in [5.41, 5.74) is 9.50. The third-order valence-corrected chi connectivity index (χ3v) is 9.56. The van der Waals surface area contributed by atoms with Gasteiger partial charge in [0, 0.05) is 52.4 Å². The van der Waals surface area contributed by atoms with E-state index in [1.54, 1.807) is 0 Å². The predicted molar refractivity (Wildman–Crippen MR) is 166 cm³/mol. The minimum atomic E-state index is -1.20. The largest absolute Gasteiger partial charge is 0.481 e. The van der Waals surface area contributed by atoms with Crippen LogP contribution in [-0.2, 0) is 38.4 Å². The van der Waals surface area contributed by atoms with Crippen molar-refractivity contribution in [3.8, 4) is 0 Å². The number of methoxy groups -OCH3 is 1. The van der Waals surface area contributed by atoms with Gasteiger partial charge in [-0.2, -0.15) is 0 Å². The molecular weight excluding hydrogens is 576 g/mol. The molecule has 3 aromatic heterocycles. The molecule has 0 saturated heterocycles. The molecule has 0 saturated carbocycles. The molecule has 4 heterocycles. The third-order valence-electron chi connectivity index (χ3n) is 9.56. The molecule has 5 rings (SSSR count). The lowest BCUT2D eigenvalue weighted by atomic mass is 9.87. The molecule has 0 fully saturated rings. The van der Waals surface area contributed by atoms with Crippen molar-refractivity contribution >= 4 is 29.9 Å². The maximum atomic E-state index is 14.0. The number of carbonyl (C=O) groups excluding carboxylic acids is 4. The van der Waals surface area contributed by atoms with Crippen molar-refractivity contribution in [2.75, 3.05) is 7.11 Å². The fraction of sp³-hybridized carbons (Fsp3) is 0.382. The molecule has 236 valence electrons. The highest BCUT2D eigenvalue weighted by atomic mass is 16.5. The summed E-state index contributed by atoms with van der Waals surface area (Å²) < 4.78 is 5.12. The number of H-pyrrole nitrogens is 3. The fourth-order valence-corrected chi connectivity index (χ4v) is 7.18. The highest BCUT2D eigenvalue weighted by Crippen LogP contribution is 2.47. The Bertz CT molecular complexity index is 1820. The van der Waals surface area contributed by atoms with Gasteiger partial charge in [-0.15, -0.1) is 0 Å². The van der Waals surface area contributed by atoms with Crippen LogP contribution >= 0.6 is 0 Å². The second-order valence-corrected chi connectivity index (χ2v) is 11.8. The van der Waals surface area contributed by atoms with Gasteiger partial charge in [0.25, 0.3) is 5.91 Å². The van der Waals surface area contributed by atoms with Crippen LogP contribution in [0.25, 0.3) is 0 Å². The van der Waals surface area contributed by atoms with Crippen LogP contribution in [0.15, 0.2) is 23.8 Å². The number of Topliss-reactive ketones (excluding diaryl/α,β-unsaturated/α-hetero) is 1. The first-order valence-corrected chi connectivity index (χ1v) is 15.0. The molecule has 5 N–H and O–H groups in total. The summed E-state index contributed by atoms with van der Waals surface area (Å²) in [6.45, 7) is 13.2. The molecular formula is C34H38N4O7. The van der Waals surface area contributed by atoms with Gasteiger partial charge in [0.15, 0.2) is 12.1 Å². The van der Waals surface area contributed by atoms with Crippen molar-refractivity contribution in [1.29, 1.82) is 0 Å². The first-order chi connectivity index (χ1) is 21.4. The Labute approximate surface area is 260 Å². The van der Waals surface area contributed by atoms with Crippen LogP contribution in [0, 0.1) is 26.7 Å². The average Bonchev–Trinajstić information content (AvgIpc) is 3.75. The van der Waals surface area contributed by atoms with Gasteiger partial charge in [-0.05, 0) is 73.9 Å². The van der Waals surface area contributed by atoms with Gasteiger partial charge in [-0.25, -0.2) is 0 Å². The summed E-state index contributed by atoms with van der Waals surface area (Å²) in [6, 6.07) is -0.521. The van der Waals surface area contributed by atoms with Gasteiger partial charge >= 0.3 is 11.9 Å². The number of aldehydes is 1. The zero-order valence-electron chi connectivity index (χ0n) is 26.3. The number of amides is 1. The minimum Gasteiger partial charge on any atom is -0.481 e. The number of rotatable bonds is 11. The lowest BCUT2D eigenvalue weighted by Gasteiger charge is -2.19. The number of hydrogen-bond acceptors (Lipinski definition) is 6. The lowest BCUT2D eigenvalue weighted by Crippen LogP contribution is -2.27. The Balaban J connectivity index is 1.69. The average molecular weight is 615 g/mol. The molecule has 0 spiro atoms. The molecule has 1 amide bonds. The third kappa shape index (κ3) is 4.96. The molecule has 45 heavy (non-hydrogen) atoms. The summed E-state index contributed by atoms with van der Waals surface area (Å²) in [5.74, 6) is -4.35. The van der Waals surface area contributed by atoms with Gasteiger partial charge in [0.05, 0.1) is 24.8 Å². The number of esters is 1. The van der Waals surface area contributed by atoms with Gasteiger partial charge < -0.3 is 30.1 Å². The SMILES string of the molecule is C=CC1=C(C)C(c2[nH]c([C@@H]3c4[nH]c(Cc5[nH]c(C=O)c(C)c5CC)c(C)c4C(=O)[C@H]3C(=O)OC)c(CCC(=O)O)c2C)NC1=O. The maximum Gasteiger partial charge on any atom is 0.317 e. The summed E-state index contributed by atoms with van der Waals surface area (Å²) in [7, 11) is 1.23. The molecule has 2 aliphatic rings. The molecule has 0 bridgehead atoms. The van der Waals surface area contributed by atoms with E-state index in [1.807, 2.05) is 34.6 Å². The molecule has 0 aromatic carbocycles. The van der Waals surface area contributed by atoms with Crippen molar-refractivity contribution in [2.24, 2.45) is 5.92 Å². The van der Waals surface area contributed by atoms with Crippen LogP contribution in [0.5, 0.6) is 0 Å². The Morgan fingerprint density at radius 2 is 1.67 bits per heavy atom. The zero-order chi connectivity index (χ0) is 32.9. The van der Waals surface area contributed by atoms with Crippen LogP contribution in [0.1, 0.15) is 109 Å². The number of nitrogens with one attached hydrogen (secondary N) is 4. The molecule has 11 heteroatoms. The molecule has 1 unspecified atom stereocenters. The molecule has 11 nitrogen and oxygen atoms in total. The normalized spacial score (nSPS) is 19.2. The number of carbonyl (C=O) groups is 5. The van der Waals surface area contributed by atoms with E-state index in [1.165, 1.54) is 13.2 Å². The van der Waals surface area contributed by atoms with Crippen molar-refractivity contribution in [3.63, 3.8) is 0 Å². The number of ether oxygens (including phenoxy) is 1. The Morgan fingerprint density at radius 3 is 2.24 bits per heavy atom. The number of aliphatic carboxylic acids is 1. The first kappa shape index (κ1) is 31.5. The predicted octanol–water partition coefficient (Wildman–Crippen LogP) is 4.37. The van der Waals surface area contributed by atoms with Crippen molar-refractivity contribution in [3.05, 3.63) is 91.3 Å². The Hall–Kier alpha value is -4.93. The number of aromatic amines is 3. The van der Waals surface area contributed by atoms with Crippen LogP contribution < -0.4 is 5.32 Å². The standard InChI is InChI=1S/C34H38N4O7/c1-8-18-14(3)23(13-39)35-22(18)12-21-17(6)25-31(36-21)26(27(32(25)42)34(44)45-7)30-20(10-11-24(40)41)16(5)28(37-30)29-15(4)19(9-2)33(43)38-29/h9,13,26-27,29,35-37H,2,8,10-12H2,1,3-7H3,(H,38,43)(H,40,41)/t26-,27+,29?/m1/s1. The van der Waals surface area contributed by atoms with Gasteiger partial charge in [0.2, 0.25) is 0 Å². The quantitative estimate of drug-likeness (QED) is 0.121. The maximum absolute atomic E-state index is 14.0. The number of hydrogen-bond donors (Lipinski definition) is 5. The van der Waals surface area contributed by atoms with Crippen molar-refractivity contribution in [1.82, 2.24) is 20.3 Å². The summed E-state index contributed by atoms with van der Waals surface area (Å²) >= 11 is 0. The minimum absolute atomic E-state index is 0.140. The van der Waals surface area contributed by atoms with E-state index in [0.29, 0.717) is 57.9 Å². The highest BCUT2D eigenvalue weighted by molar-refractivity contribution is 6.14. The van der Waals surface area contributed by atoms with Crippen LogP contribution in [0.3, 0.4) is 0 Å². The summed E-state index contributed by atoms with van der Waals surface area (Å²) in [5, 5.41) is 12.5. The summed E-state index contributed by atoms with van der Waals surface area (Å²) in [4.78, 5) is 73.4. The number of fused-ring (bicyclic) bond motifs is 1. The monoisotopic (exact) mass is 614 g/mol. The van der Waals surface area contributed by atoms with E-state index in [-0.39, 0.29) is 24.5 Å². The fourth-order valence-electron chi connectivity index (χ4n) is 7.18. The number of aromatic nitrogens is 3. The molecule has 3 atom stereocenters. The molecule has 3 aromatic rings. The number of ketones is 1. The molecule has 1 aliphatic heterocycles. The molecule has 1 aliphatic carbocycles. The Kier molecular flexibility index (Phi) is 8.31. The number of carboxylic acid groups (broad SMARTS) is 1. The van der Waals surface area contributed by atoms with Crippen LogP contribution in [-0.4, -0.2) is 57.1 Å². The van der Waals surface area contributed by atoms with Crippen molar-refractivity contribution < 1.29 is 33.8 Å². The topological polar surface area (TPSA) is 174 Å². The lowest BCUT2D eigenvalue weighted by molar-refractivity contribution is -0.144. The van der Waals surface area contributed by atoms with E-state index in [9.17, 15) is 29.1 Å². The summed E-state index contributed by atoms with van der Waals surface area (Å²) in [6.07, 6.45) is 3.38. The van der Waals surface area contributed by atoms with E-state index in [0.717, 1.165) is 39.9 Å². The second kappa shape index (κ2) is 11.9. The van der Waals surface area contributed by atoms with Gasteiger partial charge in [-0.3, -0.25) is 24.0 Å². The highest BCUT2D eigenvalue weighted by Gasteiger charge is 2.50. The van der Waals surface area contributed by atoms with Gasteiger partial charge in [-0.1, -0.05) is 19.6 Å². The smallest absolute Gasteiger partial charge is 0.317 e. The van der Waals surface area contributed by atoms with Crippen LogP contribution in [0.4, 0.5) is 0 Å². The zero-order valence-corrected chi connectivity index (χ0v) is 26.3. The first-order valence-electron chi connectivity index (χ1n) is 15.0. The van der Waals surface area contributed by atoms with E-state index in [4.69, 9.17) is 4.74 Å². The van der Waals surface area contributed by atoms with E-state index < -0.39 is 29.8 Å².